The van der Waals surface area contributed by atoms with Crippen LogP contribution >= 0.6 is 0 Å². The van der Waals surface area contributed by atoms with Crippen molar-refractivity contribution in [3.63, 3.8) is 0 Å². The van der Waals surface area contributed by atoms with Gasteiger partial charge in [0.1, 0.15) is 11.6 Å². The highest BCUT2D eigenvalue weighted by Crippen LogP contribution is 2.36. The highest BCUT2D eigenvalue weighted by molar-refractivity contribution is 5.75. The third-order valence-electron chi connectivity index (χ3n) is 3.07. The molecule has 1 N–H and O–H groups in total. The smallest absolute Gasteiger partial charge is 0.312 e. The molecular weight excluding hydrogens is 173 g/mol. The summed E-state index contributed by atoms with van der Waals surface area (Å²) in [7, 11) is 1.81. The van der Waals surface area contributed by atoms with Crippen LogP contribution < -0.4 is 0 Å². The van der Waals surface area contributed by atoms with Crippen LogP contribution in [0.3, 0.4) is 0 Å². The van der Waals surface area contributed by atoms with E-state index in [4.69, 9.17) is 5.11 Å². The van der Waals surface area contributed by atoms with E-state index in [2.05, 4.69) is 0 Å². The fourth-order valence-corrected chi connectivity index (χ4v) is 1.88. The molecule has 0 bridgehead atoms. The van der Waals surface area contributed by atoms with Crippen molar-refractivity contribution in [2.75, 3.05) is 20.1 Å². The van der Waals surface area contributed by atoms with E-state index in [9.17, 15) is 9.18 Å². The number of carboxylic acid groups (broad SMARTS) is 1. The maximum atomic E-state index is 13.6. The van der Waals surface area contributed by atoms with Crippen LogP contribution in [-0.2, 0) is 4.79 Å². The summed E-state index contributed by atoms with van der Waals surface area (Å²) in [6.07, 6.45) is -0.456. The summed E-state index contributed by atoms with van der Waals surface area (Å²) in [4.78, 5) is 12.8. The van der Waals surface area contributed by atoms with Gasteiger partial charge in [-0.2, -0.15) is 0 Å². The Bertz CT molecular complexity index is 210. The molecule has 1 aliphatic rings. The van der Waals surface area contributed by atoms with E-state index in [0.717, 1.165) is 0 Å². The number of alkyl halides is 1. The second-order valence-corrected chi connectivity index (χ2v) is 3.79. The standard InChI is InChI=1S/C9H16FNO2/c1-3-9(8(12)13)4-5-11(2)6-7(9)10/h7H,3-6H2,1-2H3,(H,12,13). The monoisotopic (exact) mass is 189 g/mol. The zero-order valence-electron chi connectivity index (χ0n) is 8.09. The summed E-state index contributed by atoms with van der Waals surface area (Å²) in [5.41, 5.74) is -1.13. The molecule has 1 fully saturated rings. The zero-order chi connectivity index (χ0) is 10.1. The molecular formula is C9H16FNO2. The molecule has 0 saturated carbocycles. The molecule has 0 radical (unpaired) electrons. The average molecular weight is 189 g/mol. The molecule has 0 aromatic rings. The van der Waals surface area contributed by atoms with E-state index in [1.165, 1.54) is 0 Å². The minimum absolute atomic E-state index is 0.236. The van der Waals surface area contributed by atoms with Crippen LogP contribution in [0, 0.1) is 5.41 Å². The molecule has 0 aromatic carbocycles. The maximum absolute atomic E-state index is 13.6. The number of carboxylic acids is 1. The molecule has 2 unspecified atom stereocenters. The Kier molecular flexibility index (Phi) is 2.91. The predicted molar refractivity (Wildman–Crippen MR) is 47.4 cm³/mol. The summed E-state index contributed by atoms with van der Waals surface area (Å²) in [5.74, 6) is -0.990. The van der Waals surface area contributed by atoms with Crippen LogP contribution in [0.4, 0.5) is 4.39 Å². The van der Waals surface area contributed by atoms with Crippen LogP contribution in [-0.4, -0.2) is 42.3 Å². The van der Waals surface area contributed by atoms with Crippen molar-refractivity contribution >= 4 is 5.97 Å². The van der Waals surface area contributed by atoms with Gasteiger partial charge in [-0.15, -0.1) is 0 Å². The first kappa shape index (κ1) is 10.4. The van der Waals surface area contributed by atoms with E-state index in [-0.39, 0.29) is 6.54 Å². The van der Waals surface area contributed by atoms with Crippen molar-refractivity contribution in [2.24, 2.45) is 5.41 Å². The van der Waals surface area contributed by atoms with E-state index < -0.39 is 17.6 Å². The average Bonchev–Trinajstić information content (AvgIpc) is 2.04. The number of rotatable bonds is 2. The van der Waals surface area contributed by atoms with Gasteiger partial charge in [0.2, 0.25) is 0 Å². The molecule has 3 nitrogen and oxygen atoms in total. The summed E-state index contributed by atoms with van der Waals surface area (Å²) in [5, 5.41) is 8.99. The number of carbonyl (C=O) groups is 1. The van der Waals surface area contributed by atoms with Gasteiger partial charge in [0.15, 0.2) is 0 Å². The second-order valence-electron chi connectivity index (χ2n) is 3.79. The molecule has 0 aliphatic carbocycles. The van der Waals surface area contributed by atoms with Gasteiger partial charge < -0.3 is 10.0 Å². The summed E-state index contributed by atoms with van der Waals surface area (Å²) >= 11 is 0. The van der Waals surface area contributed by atoms with Crippen LogP contribution in [0.15, 0.2) is 0 Å². The quantitative estimate of drug-likeness (QED) is 0.708. The Hall–Kier alpha value is -0.640. The first-order chi connectivity index (χ1) is 6.03. The minimum atomic E-state index is -1.24. The fraction of sp³-hybridized carbons (Fsp3) is 0.889. The van der Waals surface area contributed by atoms with E-state index in [1.807, 2.05) is 11.9 Å². The summed E-state index contributed by atoms with van der Waals surface area (Å²) in [6.45, 7) is 2.65. The molecule has 76 valence electrons. The van der Waals surface area contributed by atoms with Crippen LogP contribution in [0.1, 0.15) is 19.8 Å². The predicted octanol–water partition coefficient (Wildman–Crippen LogP) is 1.14. The van der Waals surface area contributed by atoms with E-state index in [0.29, 0.717) is 19.4 Å². The number of aliphatic carboxylic acids is 1. The zero-order valence-corrected chi connectivity index (χ0v) is 8.09. The van der Waals surface area contributed by atoms with Crippen molar-refractivity contribution in [3.8, 4) is 0 Å². The molecule has 1 rings (SSSR count). The molecule has 4 heteroatoms. The minimum Gasteiger partial charge on any atom is -0.481 e. The van der Waals surface area contributed by atoms with Crippen LogP contribution in [0.25, 0.3) is 0 Å². The van der Waals surface area contributed by atoms with Crippen molar-refractivity contribution < 1.29 is 14.3 Å². The number of piperidine rings is 1. The lowest BCUT2D eigenvalue weighted by molar-refractivity contribution is -0.157. The first-order valence-electron chi connectivity index (χ1n) is 4.59. The summed E-state index contributed by atoms with van der Waals surface area (Å²) < 4.78 is 13.6. The van der Waals surface area contributed by atoms with Crippen molar-refractivity contribution in [3.05, 3.63) is 0 Å². The first-order valence-corrected chi connectivity index (χ1v) is 4.59. The van der Waals surface area contributed by atoms with Gasteiger partial charge in [-0.25, -0.2) is 4.39 Å². The number of hydrogen-bond donors (Lipinski definition) is 1. The summed E-state index contributed by atoms with van der Waals surface area (Å²) in [6, 6.07) is 0. The lowest BCUT2D eigenvalue weighted by Gasteiger charge is -2.39. The van der Waals surface area contributed by atoms with Gasteiger partial charge in [0.25, 0.3) is 0 Å². The highest BCUT2D eigenvalue weighted by Gasteiger charge is 2.47. The van der Waals surface area contributed by atoms with Gasteiger partial charge in [-0.1, -0.05) is 6.92 Å². The Labute approximate surface area is 77.5 Å². The van der Waals surface area contributed by atoms with Crippen molar-refractivity contribution in [1.29, 1.82) is 0 Å². The Morgan fingerprint density at radius 2 is 2.38 bits per heavy atom. The van der Waals surface area contributed by atoms with E-state index in [1.54, 1.807) is 6.92 Å². The molecule has 13 heavy (non-hydrogen) atoms. The molecule has 0 aromatic heterocycles. The van der Waals surface area contributed by atoms with E-state index >= 15 is 0 Å². The Morgan fingerprint density at radius 3 is 2.77 bits per heavy atom. The molecule has 0 spiro atoms. The largest absolute Gasteiger partial charge is 0.481 e. The molecule has 1 aliphatic heterocycles. The van der Waals surface area contributed by atoms with Crippen LogP contribution in [0.2, 0.25) is 0 Å². The number of hydrogen-bond acceptors (Lipinski definition) is 2. The maximum Gasteiger partial charge on any atom is 0.312 e. The Balaban J connectivity index is 2.81. The van der Waals surface area contributed by atoms with Crippen molar-refractivity contribution in [1.82, 2.24) is 4.90 Å². The third-order valence-corrected chi connectivity index (χ3v) is 3.07. The molecule has 2 atom stereocenters. The number of likely N-dealkylation sites (tertiary alicyclic amines) is 1. The van der Waals surface area contributed by atoms with Crippen LogP contribution in [0.5, 0.6) is 0 Å². The second kappa shape index (κ2) is 3.62. The van der Waals surface area contributed by atoms with Gasteiger partial charge in [-0.3, -0.25) is 4.79 Å². The fourth-order valence-electron chi connectivity index (χ4n) is 1.88. The lowest BCUT2D eigenvalue weighted by atomic mass is 9.75. The normalized spacial score (nSPS) is 36.1. The third kappa shape index (κ3) is 1.68. The number of nitrogens with zero attached hydrogens (tertiary/aromatic N) is 1. The molecule has 0 amide bonds. The van der Waals surface area contributed by atoms with Gasteiger partial charge in [0, 0.05) is 6.54 Å². The molecule has 1 heterocycles. The Morgan fingerprint density at radius 1 is 1.77 bits per heavy atom. The van der Waals surface area contributed by atoms with Crippen molar-refractivity contribution in [2.45, 2.75) is 25.9 Å². The van der Waals surface area contributed by atoms with Gasteiger partial charge in [-0.05, 0) is 26.4 Å². The molecule has 1 saturated heterocycles. The SMILES string of the molecule is CCC1(C(=O)O)CCN(C)CC1F. The lowest BCUT2D eigenvalue weighted by Crippen LogP contribution is -2.51. The van der Waals surface area contributed by atoms with Gasteiger partial charge in [0.05, 0.1) is 0 Å². The topological polar surface area (TPSA) is 40.5 Å². The highest BCUT2D eigenvalue weighted by atomic mass is 19.1. The number of halogens is 1. The van der Waals surface area contributed by atoms with Gasteiger partial charge >= 0.3 is 5.97 Å².